The van der Waals surface area contributed by atoms with E-state index in [1.807, 2.05) is 27.3 Å². The molecule has 4 heterocycles. The van der Waals surface area contributed by atoms with Gasteiger partial charge in [0.2, 0.25) is 11.8 Å². The molecule has 2 aliphatic rings. The second-order valence-electron chi connectivity index (χ2n) is 7.18. The summed E-state index contributed by atoms with van der Waals surface area (Å²) in [5.41, 5.74) is 0. The molecular weight excluding hydrogens is 378 g/mol. The topological polar surface area (TPSA) is 43.9 Å². The van der Waals surface area contributed by atoms with Crippen molar-refractivity contribution in [1.29, 1.82) is 0 Å². The maximum absolute atomic E-state index is 13.1. The van der Waals surface area contributed by atoms with Crippen LogP contribution in [0.2, 0.25) is 0 Å². The van der Waals surface area contributed by atoms with Crippen molar-refractivity contribution in [2.45, 2.75) is 31.8 Å². The van der Waals surface area contributed by atoms with Crippen molar-refractivity contribution in [3.05, 3.63) is 44.8 Å². The van der Waals surface area contributed by atoms with Gasteiger partial charge < -0.3 is 9.80 Å². The largest absolute Gasteiger partial charge is 0.338 e. The summed E-state index contributed by atoms with van der Waals surface area (Å²) in [5, 5.41) is 4.10. The average molecular weight is 404 g/mol. The molecule has 0 aliphatic carbocycles. The summed E-state index contributed by atoms with van der Waals surface area (Å²) in [7, 11) is 0. The highest BCUT2D eigenvalue weighted by Crippen LogP contribution is 2.23. The second-order valence-corrected chi connectivity index (χ2v) is 9.25. The number of thiophene rings is 2. The van der Waals surface area contributed by atoms with Gasteiger partial charge in [-0.3, -0.25) is 14.5 Å². The molecule has 2 fully saturated rings. The third kappa shape index (κ3) is 4.42. The highest BCUT2D eigenvalue weighted by Gasteiger charge is 2.37. The van der Waals surface area contributed by atoms with Crippen LogP contribution in [0.5, 0.6) is 0 Å². The van der Waals surface area contributed by atoms with Gasteiger partial charge in [0.15, 0.2) is 0 Å². The summed E-state index contributed by atoms with van der Waals surface area (Å²) < 4.78 is 0. The zero-order valence-electron chi connectivity index (χ0n) is 15.4. The monoisotopic (exact) mass is 403 g/mol. The molecule has 0 radical (unpaired) electrons. The van der Waals surface area contributed by atoms with E-state index in [4.69, 9.17) is 0 Å². The fourth-order valence-electron chi connectivity index (χ4n) is 3.95. The first-order valence-electron chi connectivity index (χ1n) is 9.56. The molecule has 0 spiro atoms. The van der Waals surface area contributed by atoms with Crippen molar-refractivity contribution in [3.8, 4) is 0 Å². The van der Waals surface area contributed by atoms with Crippen molar-refractivity contribution >= 4 is 34.5 Å². The summed E-state index contributed by atoms with van der Waals surface area (Å²) in [4.78, 5) is 34.4. The Balaban J connectivity index is 1.31. The Morgan fingerprint density at radius 1 is 0.963 bits per heavy atom. The number of nitrogens with zero attached hydrogens (tertiary/aromatic N) is 3. The quantitative estimate of drug-likeness (QED) is 0.771. The smallest absolute Gasteiger partial charge is 0.245 e. The number of piperazine rings is 1. The van der Waals surface area contributed by atoms with Crippen molar-refractivity contribution in [2.24, 2.45) is 0 Å². The molecule has 2 amide bonds. The van der Waals surface area contributed by atoms with Gasteiger partial charge in [-0.25, -0.2) is 0 Å². The molecule has 2 aromatic rings. The predicted molar refractivity (Wildman–Crippen MR) is 109 cm³/mol. The van der Waals surface area contributed by atoms with Crippen LogP contribution in [0.4, 0.5) is 0 Å². The zero-order chi connectivity index (χ0) is 18.6. The van der Waals surface area contributed by atoms with Crippen LogP contribution >= 0.6 is 22.7 Å². The van der Waals surface area contributed by atoms with Crippen molar-refractivity contribution < 1.29 is 9.59 Å². The predicted octanol–water partition coefficient (Wildman–Crippen LogP) is 2.69. The van der Waals surface area contributed by atoms with Crippen LogP contribution in [0.3, 0.4) is 0 Å². The summed E-state index contributed by atoms with van der Waals surface area (Å²) in [6.07, 6.45) is 2.13. The van der Waals surface area contributed by atoms with Gasteiger partial charge in [-0.05, 0) is 35.7 Å². The Morgan fingerprint density at radius 3 is 2.33 bits per heavy atom. The van der Waals surface area contributed by atoms with E-state index in [1.54, 1.807) is 22.7 Å². The maximum atomic E-state index is 13.1. The Morgan fingerprint density at radius 2 is 1.67 bits per heavy atom. The number of hydrogen-bond donors (Lipinski definition) is 0. The van der Waals surface area contributed by atoms with Gasteiger partial charge in [0.25, 0.3) is 0 Å². The second kappa shape index (κ2) is 8.54. The number of carbonyl (C=O) groups excluding carboxylic acids is 2. The van der Waals surface area contributed by atoms with Gasteiger partial charge in [-0.2, -0.15) is 0 Å². The molecule has 0 bridgehead atoms. The number of rotatable bonds is 5. The van der Waals surface area contributed by atoms with Gasteiger partial charge in [0.05, 0.1) is 6.42 Å². The highest BCUT2D eigenvalue weighted by molar-refractivity contribution is 7.10. The molecule has 5 nitrogen and oxygen atoms in total. The van der Waals surface area contributed by atoms with Crippen molar-refractivity contribution in [1.82, 2.24) is 14.7 Å². The van der Waals surface area contributed by atoms with Crippen LogP contribution in [0.25, 0.3) is 0 Å². The molecule has 1 unspecified atom stereocenters. The van der Waals surface area contributed by atoms with Crippen LogP contribution in [-0.4, -0.2) is 65.3 Å². The Hall–Kier alpha value is -1.70. The molecule has 1 atom stereocenters. The van der Waals surface area contributed by atoms with Crippen LogP contribution in [-0.2, 0) is 22.6 Å². The lowest BCUT2D eigenvalue weighted by molar-refractivity contribution is -0.144. The van der Waals surface area contributed by atoms with E-state index in [0.717, 1.165) is 50.4 Å². The van der Waals surface area contributed by atoms with Gasteiger partial charge in [-0.1, -0.05) is 12.1 Å². The van der Waals surface area contributed by atoms with Crippen LogP contribution < -0.4 is 0 Å². The molecule has 7 heteroatoms. The van der Waals surface area contributed by atoms with Crippen LogP contribution in [0.1, 0.15) is 22.6 Å². The highest BCUT2D eigenvalue weighted by atomic mass is 32.1. The minimum absolute atomic E-state index is 0.0876. The molecular formula is C20H25N3O2S2. The molecule has 144 valence electrons. The van der Waals surface area contributed by atoms with E-state index in [9.17, 15) is 9.59 Å². The minimum atomic E-state index is -0.263. The Labute approximate surface area is 168 Å². The molecule has 2 aromatic heterocycles. The van der Waals surface area contributed by atoms with Gasteiger partial charge >= 0.3 is 0 Å². The lowest BCUT2D eigenvalue weighted by Crippen LogP contribution is -2.54. The minimum Gasteiger partial charge on any atom is -0.338 e. The number of hydrogen-bond acceptors (Lipinski definition) is 5. The molecule has 4 rings (SSSR count). The fourth-order valence-corrected chi connectivity index (χ4v) is 5.39. The van der Waals surface area contributed by atoms with E-state index in [2.05, 4.69) is 22.4 Å². The average Bonchev–Trinajstić information content (AvgIpc) is 3.44. The molecule has 0 N–H and O–H groups in total. The molecule has 2 aliphatic heterocycles. The molecule has 2 saturated heterocycles. The first kappa shape index (κ1) is 18.7. The third-order valence-corrected chi connectivity index (χ3v) is 7.14. The standard InChI is InChI=1S/C20H25N3O2S2/c24-19(14-16-4-2-12-26-16)23-7-1-6-18(23)20(25)22-10-8-21(9-11-22)15-17-5-3-13-27-17/h2-5,12-13,18H,1,6-11,14-15H2. The van der Waals surface area contributed by atoms with Crippen LogP contribution in [0.15, 0.2) is 35.0 Å². The van der Waals surface area contributed by atoms with Gasteiger partial charge in [0, 0.05) is 49.0 Å². The molecule has 0 saturated carbocycles. The van der Waals surface area contributed by atoms with Gasteiger partial charge in [0.1, 0.15) is 6.04 Å². The lowest BCUT2D eigenvalue weighted by Gasteiger charge is -2.37. The summed E-state index contributed by atoms with van der Waals surface area (Å²) in [5.74, 6) is 0.229. The fraction of sp³-hybridized carbons (Fsp3) is 0.500. The Kier molecular flexibility index (Phi) is 5.90. The van der Waals surface area contributed by atoms with E-state index < -0.39 is 0 Å². The Bertz CT molecular complexity index is 752. The SMILES string of the molecule is O=C(C1CCCN1C(=O)Cc1cccs1)N1CCN(Cc2cccs2)CC1. The van der Waals surface area contributed by atoms with E-state index >= 15 is 0 Å². The number of carbonyl (C=O) groups is 2. The molecule has 0 aromatic carbocycles. The molecule has 27 heavy (non-hydrogen) atoms. The summed E-state index contributed by atoms with van der Waals surface area (Å²) in [6, 6.07) is 7.94. The van der Waals surface area contributed by atoms with Crippen molar-refractivity contribution in [3.63, 3.8) is 0 Å². The summed E-state index contributed by atoms with van der Waals surface area (Å²) >= 11 is 3.39. The van der Waals surface area contributed by atoms with E-state index in [1.165, 1.54) is 4.88 Å². The zero-order valence-corrected chi connectivity index (χ0v) is 17.0. The number of amides is 2. The van der Waals surface area contributed by atoms with Crippen LogP contribution in [0, 0.1) is 0 Å². The first-order chi connectivity index (χ1) is 13.2. The van der Waals surface area contributed by atoms with E-state index in [-0.39, 0.29) is 17.9 Å². The maximum Gasteiger partial charge on any atom is 0.245 e. The third-order valence-electron chi connectivity index (χ3n) is 5.41. The first-order valence-corrected chi connectivity index (χ1v) is 11.3. The lowest BCUT2D eigenvalue weighted by atomic mass is 10.1. The number of likely N-dealkylation sites (tertiary alicyclic amines) is 1. The summed E-state index contributed by atoms with van der Waals surface area (Å²) in [6.45, 7) is 4.99. The normalized spacial score (nSPS) is 21.0. The van der Waals surface area contributed by atoms with Crippen molar-refractivity contribution in [2.75, 3.05) is 32.7 Å². The van der Waals surface area contributed by atoms with E-state index in [0.29, 0.717) is 13.0 Å². The van der Waals surface area contributed by atoms with Gasteiger partial charge in [-0.15, -0.1) is 22.7 Å².